The third-order valence-corrected chi connectivity index (χ3v) is 7.48. The molecule has 1 saturated heterocycles. The maximum Gasteiger partial charge on any atom is 0.224 e. The molecule has 9 heteroatoms. The zero-order valence-electron chi connectivity index (χ0n) is 17.4. The summed E-state index contributed by atoms with van der Waals surface area (Å²) in [7, 11) is 0. The number of aliphatic hydroxyl groups excluding tert-OH is 1. The predicted octanol–water partition coefficient (Wildman–Crippen LogP) is 0.981. The Labute approximate surface area is 177 Å². The number of aromatic nitrogens is 2. The summed E-state index contributed by atoms with van der Waals surface area (Å²) in [4.78, 5) is 11.9. The normalized spacial score (nSPS) is 33.9. The molecule has 2 saturated carbocycles. The van der Waals surface area contributed by atoms with Gasteiger partial charge in [0.15, 0.2) is 0 Å². The lowest BCUT2D eigenvalue weighted by Gasteiger charge is -2.27. The maximum atomic E-state index is 10.2. The van der Waals surface area contributed by atoms with Gasteiger partial charge in [0.05, 0.1) is 30.6 Å². The summed E-state index contributed by atoms with van der Waals surface area (Å²) in [5.41, 5.74) is 7.47. The van der Waals surface area contributed by atoms with Gasteiger partial charge in [-0.1, -0.05) is 26.1 Å². The molecule has 0 amide bonds. The Balaban J connectivity index is 1.46. The van der Waals surface area contributed by atoms with Crippen molar-refractivity contribution in [1.29, 1.82) is 0 Å². The third-order valence-electron chi connectivity index (χ3n) is 7.27. The molecule has 3 aliphatic rings. The standard InChI is InChI=1S/C20H32N6O2S/c1-11-14(10-13-16(27)20(11,13)3)24-18-15(17(21)29)12(2)23-19(25-18)22-4-5-26-6-8-28-9-7-26/h11,13-14,16,27H,4-10H2,1-3H3,(H2,21,29)(H2,22,23,24,25). The van der Waals surface area contributed by atoms with Crippen molar-refractivity contribution in [3.63, 3.8) is 0 Å². The first kappa shape index (κ1) is 20.7. The zero-order chi connectivity index (χ0) is 20.8. The highest BCUT2D eigenvalue weighted by atomic mass is 32.1. The number of nitrogens with two attached hydrogens (primary N) is 1. The van der Waals surface area contributed by atoms with Crippen LogP contribution in [0.3, 0.4) is 0 Å². The van der Waals surface area contributed by atoms with E-state index in [4.69, 9.17) is 27.7 Å². The largest absolute Gasteiger partial charge is 0.392 e. The second-order valence-corrected chi connectivity index (χ2v) is 9.23. The summed E-state index contributed by atoms with van der Waals surface area (Å²) in [6, 6.07) is 0.233. The SMILES string of the molecule is Cc1nc(NCCN2CCOCC2)nc(NC2CC3C(O)C3(C)C2C)c1C(N)=S. The Morgan fingerprint density at radius 1 is 1.38 bits per heavy atom. The van der Waals surface area contributed by atoms with Crippen molar-refractivity contribution in [2.24, 2.45) is 23.0 Å². The van der Waals surface area contributed by atoms with Crippen molar-refractivity contribution in [3.05, 3.63) is 11.3 Å². The van der Waals surface area contributed by atoms with Gasteiger partial charge >= 0.3 is 0 Å². The summed E-state index contributed by atoms with van der Waals surface area (Å²) >= 11 is 5.28. The molecule has 1 aromatic rings. The maximum absolute atomic E-state index is 10.2. The van der Waals surface area contributed by atoms with E-state index in [0.29, 0.717) is 34.2 Å². The number of nitrogens with zero attached hydrogens (tertiary/aromatic N) is 3. The highest BCUT2D eigenvalue weighted by Crippen LogP contribution is 2.66. The van der Waals surface area contributed by atoms with Crippen LogP contribution in [0.4, 0.5) is 11.8 Å². The molecule has 3 fully saturated rings. The number of hydrogen-bond donors (Lipinski definition) is 4. The Hall–Kier alpha value is -1.55. The minimum Gasteiger partial charge on any atom is -0.392 e. The van der Waals surface area contributed by atoms with Crippen LogP contribution in [-0.4, -0.2) is 76.5 Å². The van der Waals surface area contributed by atoms with Crippen molar-refractivity contribution >= 4 is 29.0 Å². The van der Waals surface area contributed by atoms with Crippen molar-refractivity contribution in [1.82, 2.24) is 14.9 Å². The molecule has 8 nitrogen and oxygen atoms in total. The quantitative estimate of drug-likeness (QED) is 0.480. The van der Waals surface area contributed by atoms with Gasteiger partial charge in [-0.05, 0) is 25.2 Å². The molecule has 29 heavy (non-hydrogen) atoms. The third kappa shape index (κ3) is 3.81. The fraction of sp³-hybridized carbons (Fsp3) is 0.750. The topological polar surface area (TPSA) is 109 Å². The molecule has 0 radical (unpaired) electrons. The van der Waals surface area contributed by atoms with Gasteiger partial charge < -0.3 is 26.2 Å². The zero-order valence-corrected chi connectivity index (χ0v) is 18.3. The first-order valence-electron chi connectivity index (χ1n) is 10.5. The molecule has 0 aromatic carbocycles. The Kier molecular flexibility index (Phi) is 5.67. The summed E-state index contributed by atoms with van der Waals surface area (Å²) in [5.74, 6) is 1.97. The van der Waals surface area contributed by atoms with Crippen LogP contribution >= 0.6 is 12.2 Å². The van der Waals surface area contributed by atoms with Gasteiger partial charge in [-0.15, -0.1) is 0 Å². The van der Waals surface area contributed by atoms with E-state index >= 15 is 0 Å². The fourth-order valence-electron chi connectivity index (χ4n) is 5.06. The van der Waals surface area contributed by atoms with Crippen LogP contribution in [0.5, 0.6) is 0 Å². The monoisotopic (exact) mass is 420 g/mol. The number of nitrogens with one attached hydrogen (secondary N) is 2. The van der Waals surface area contributed by atoms with Gasteiger partial charge in [-0.25, -0.2) is 4.98 Å². The fourth-order valence-corrected chi connectivity index (χ4v) is 5.31. The number of morpholine rings is 1. The summed E-state index contributed by atoms with van der Waals surface area (Å²) in [5, 5.41) is 17.1. The average molecular weight is 421 g/mol. The van der Waals surface area contributed by atoms with E-state index in [1.54, 1.807) is 0 Å². The van der Waals surface area contributed by atoms with Crippen LogP contribution in [0, 0.1) is 24.2 Å². The van der Waals surface area contributed by atoms with Crippen LogP contribution in [0.25, 0.3) is 0 Å². The van der Waals surface area contributed by atoms with E-state index in [-0.39, 0.29) is 17.6 Å². The number of aliphatic hydroxyl groups is 1. The lowest BCUT2D eigenvalue weighted by atomic mass is 9.90. The Bertz CT molecular complexity index is 786. The van der Waals surface area contributed by atoms with E-state index in [0.717, 1.165) is 51.5 Å². The summed E-state index contributed by atoms with van der Waals surface area (Å²) < 4.78 is 5.39. The van der Waals surface area contributed by atoms with Gasteiger partial charge in [-0.2, -0.15) is 4.98 Å². The molecule has 5 atom stereocenters. The van der Waals surface area contributed by atoms with Crippen LogP contribution in [0.2, 0.25) is 0 Å². The van der Waals surface area contributed by atoms with Crippen LogP contribution in [-0.2, 0) is 4.74 Å². The molecule has 0 spiro atoms. The van der Waals surface area contributed by atoms with Crippen molar-refractivity contribution in [3.8, 4) is 0 Å². The molecular formula is C20H32N6O2S. The van der Waals surface area contributed by atoms with Crippen LogP contribution < -0.4 is 16.4 Å². The highest BCUT2D eigenvalue weighted by molar-refractivity contribution is 7.80. The first-order chi connectivity index (χ1) is 13.8. The number of rotatable bonds is 7. The van der Waals surface area contributed by atoms with Crippen molar-refractivity contribution < 1.29 is 9.84 Å². The lowest BCUT2D eigenvalue weighted by Crippen LogP contribution is -2.39. The van der Waals surface area contributed by atoms with Gasteiger partial charge in [-0.3, -0.25) is 4.90 Å². The van der Waals surface area contributed by atoms with Crippen LogP contribution in [0.15, 0.2) is 0 Å². The summed E-state index contributed by atoms with van der Waals surface area (Å²) in [6.07, 6.45) is 0.744. The molecule has 4 rings (SSSR count). The number of ether oxygens (including phenoxy) is 1. The van der Waals surface area contributed by atoms with Crippen LogP contribution in [0.1, 0.15) is 31.5 Å². The molecule has 0 bridgehead atoms. The number of fused-ring (bicyclic) bond motifs is 1. The summed E-state index contributed by atoms with van der Waals surface area (Å²) in [6.45, 7) is 11.5. The molecule has 1 aliphatic heterocycles. The second kappa shape index (κ2) is 7.94. The Morgan fingerprint density at radius 2 is 2.10 bits per heavy atom. The molecular weight excluding hydrogens is 388 g/mol. The van der Waals surface area contributed by atoms with E-state index in [1.807, 2.05) is 6.92 Å². The molecule has 160 valence electrons. The van der Waals surface area contributed by atoms with E-state index in [2.05, 4.69) is 34.4 Å². The number of thiocarbonyl (C=S) groups is 1. The number of hydrogen-bond acceptors (Lipinski definition) is 8. The first-order valence-corrected chi connectivity index (χ1v) is 10.9. The van der Waals surface area contributed by atoms with Crippen molar-refractivity contribution in [2.45, 2.75) is 39.3 Å². The number of anilines is 2. The lowest BCUT2D eigenvalue weighted by molar-refractivity contribution is 0.0398. The smallest absolute Gasteiger partial charge is 0.224 e. The molecule has 5 unspecified atom stereocenters. The predicted molar refractivity (Wildman–Crippen MR) is 117 cm³/mol. The molecule has 2 heterocycles. The molecule has 1 aromatic heterocycles. The van der Waals surface area contributed by atoms with E-state index in [9.17, 15) is 5.11 Å². The second-order valence-electron chi connectivity index (χ2n) is 8.79. The van der Waals surface area contributed by atoms with Gasteiger partial charge in [0.25, 0.3) is 0 Å². The van der Waals surface area contributed by atoms with Crippen molar-refractivity contribution in [2.75, 3.05) is 50.0 Å². The molecule has 2 aliphatic carbocycles. The van der Waals surface area contributed by atoms with E-state index < -0.39 is 0 Å². The van der Waals surface area contributed by atoms with Gasteiger partial charge in [0.1, 0.15) is 10.8 Å². The van der Waals surface area contributed by atoms with Gasteiger partial charge in [0, 0.05) is 37.6 Å². The number of aryl methyl sites for hydroxylation is 1. The highest BCUT2D eigenvalue weighted by Gasteiger charge is 2.69. The minimum absolute atomic E-state index is 0.00235. The average Bonchev–Trinajstić information content (AvgIpc) is 3.09. The van der Waals surface area contributed by atoms with E-state index in [1.165, 1.54) is 0 Å². The molecule has 5 N–H and O–H groups in total. The minimum atomic E-state index is -0.185. The Morgan fingerprint density at radius 3 is 2.72 bits per heavy atom. The van der Waals surface area contributed by atoms with Gasteiger partial charge in [0.2, 0.25) is 5.95 Å².